The van der Waals surface area contributed by atoms with Gasteiger partial charge in [0.2, 0.25) is 5.91 Å². The first-order valence-electron chi connectivity index (χ1n) is 9.61. The number of nitrogens with zero attached hydrogens (tertiary/aromatic N) is 3. The van der Waals surface area contributed by atoms with Gasteiger partial charge >= 0.3 is 0 Å². The van der Waals surface area contributed by atoms with Crippen LogP contribution in [0.15, 0.2) is 30.3 Å². The molecule has 1 aliphatic heterocycles. The minimum absolute atomic E-state index is 0.00246. The number of benzene rings is 1. The third-order valence-corrected chi connectivity index (χ3v) is 5.31. The molecule has 0 bridgehead atoms. The van der Waals surface area contributed by atoms with E-state index < -0.39 is 0 Å². The molecule has 3 rings (SSSR count). The van der Waals surface area contributed by atoms with Crippen LogP contribution in [0.2, 0.25) is 0 Å². The molecule has 2 heterocycles. The molecular formula is C21H30N4O. The molecule has 140 valence electrons. The van der Waals surface area contributed by atoms with Crippen molar-refractivity contribution in [1.29, 1.82) is 0 Å². The Bertz CT molecular complexity index is 752. The maximum absolute atomic E-state index is 12.3. The topological polar surface area (TPSA) is 50.2 Å². The highest BCUT2D eigenvalue weighted by molar-refractivity contribution is 5.75. The van der Waals surface area contributed by atoms with Crippen LogP contribution in [0.25, 0.3) is 0 Å². The molecule has 2 aromatic rings. The van der Waals surface area contributed by atoms with Crippen LogP contribution in [-0.2, 0) is 24.4 Å². The summed E-state index contributed by atoms with van der Waals surface area (Å²) in [6, 6.07) is 11.1. The van der Waals surface area contributed by atoms with E-state index in [1.165, 1.54) is 36.9 Å². The molecule has 5 nitrogen and oxygen atoms in total. The van der Waals surface area contributed by atoms with E-state index >= 15 is 0 Å². The number of rotatable bonds is 6. The second-order valence-electron chi connectivity index (χ2n) is 7.45. The summed E-state index contributed by atoms with van der Waals surface area (Å²) < 4.78 is 1.76. The van der Waals surface area contributed by atoms with Crippen LogP contribution >= 0.6 is 0 Å². The minimum atomic E-state index is -0.00246. The number of carbonyl (C=O) groups excluding carboxylic acids is 1. The van der Waals surface area contributed by atoms with Gasteiger partial charge in [0.25, 0.3) is 0 Å². The zero-order valence-electron chi connectivity index (χ0n) is 16.2. The predicted molar refractivity (Wildman–Crippen MR) is 104 cm³/mol. The van der Waals surface area contributed by atoms with Gasteiger partial charge in [-0.2, -0.15) is 5.10 Å². The lowest BCUT2D eigenvalue weighted by Crippen LogP contribution is -2.37. The number of carbonyl (C=O) groups is 1. The molecule has 0 saturated carbocycles. The summed E-state index contributed by atoms with van der Waals surface area (Å²) in [6.07, 6.45) is 3.90. The van der Waals surface area contributed by atoms with Crippen LogP contribution < -0.4 is 5.32 Å². The van der Waals surface area contributed by atoms with Gasteiger partial charge in [0.15, 0.2) is 0 Å². The van der Waals surface area contributed by atoms with E-state index in [-0.39, 0.29) is 12.5 Å². The Hall–Kier alpha value is -2.14. The van der Waals surface area contributed by atoms with Crippen LogP contribution in [0.3, 0.4) is 0 Å². The van der Waals surface area contributed by atoms with Gasteiger partial charge in [0.1, 0.15) is 6.54 Å². The summed E-state index contributed by atoms with van der Waals surface area (Å²) in [5.74, 6) is -0.00246. The Balaban J connectivity index is 1.59. The average Bonchev–Trinajstić information content (AvgIpc) is 2.93. The van der Waals surface area contributed by atoms with Crippen LogP contribution in [0.4, 0.5) is 0 Å². The van der Waals surface area contributed by atoms with Crippen molar-refractivity contribution in [3.63, 3.8) is 0 Å². The number of likely N-dealkylation sites (tertiary alicyclic amines) is 1. The second-order valence-corrected chi connectivity index (χ2v) is 7.45. The van der Waals surface area contributed by atoms with Crippen LogP contribution in [0.1, 0.15) is 48.7 Å². The molecule has 1 amide bonds. The van der Waals surface area contributed by atoms with Gasteiger partial charge in [0.05, 0.1) is 5.69 Å². The monoisotopic (exact) mass is 354 g/mol. The quantitative estimate of drug-likeness (QED) is 0.867. The molecule has 1 aromatic heterocycles. The normalized spacial score (nSPS) is 18.0. The smallest absolute Gasteiger partial charge is 0.242 e. The highest BCUT2D eigenvalue weighted by Crippen LogP contribution is 2.20. The molecule has 0 spiro atoms. The molecule has 5 heteroatoms. The molecule has 26 heavy (non-hydrogen) atoms. The number of nitrogens with one attached hydrogen (secondary N) is 1. The Morgan fingerprint density at radius 1 is 1.23 bits per heavy atom. The van der Waals surface area contributed by atoms with E-state index in [9.17, 15) is 4.79 Å². The third-order valence-electron chi connectivity index (χ3n) is 5.31. The van der Waals surface area contributed by atoms with Gasteiger partial charge < -0.3 is 5.32 Å². The van der Waals surface area contributed by atoms with E-state index in [1.807, 2.05) is 26.0 Å². The largest absolute Gasteiger partial charge is 0.350 e. The van der Waals surface area contributed by atoms with E-state index in [0.29, 0.717) is 12.6 Å². The summed E-state index contributed by atoms with van der Waals surface area (Å²) in [5.41, 5.74) is 4.47. The van der Waals surface area contributed by atoms with E-state index in [2.05, 4.69) is 40.4 Å². The second kappa shape index (κ2) is 8.49. The fourth-order valence-electron chi connectivity index (χ4n) is 3.72. The van der Waals surface area contributed by atoms with Gasteiger partial charge in [-0.25, -0.2) is 0 Å². The molecule has 1 aromatic carbocycles. The Morgan fingerprint density at radius 2 is 2.00 bits per heavy atom. The van der Waals surface area contributed by atoms with Crippen molar-refractivity contribution in [2.75, 3.05) is 6.54 Å². The van der Waals surface area contributed by atoms with Gasteiger partial charge in [-0.1, -0.05) is 30.7 Å². The fraction of sp³-hybridized carbons (Fsp3) is 0.524. The number of aromatic nitrogens is 2. The number of amides is 1. The van der Waals surface area contributed by atoms with E-state index in [0.717, 1.165) is 17.9 Å². The van der Waals surface area contributed by atoms with Crippen molar-refractivity contribution in [3.8, 4) is 0 Å². The molecule has 1 saturated heterocycles. The zero-order chi connectivity index (χ0) is 18.5. The van der Waals surface area contributed by atoms with Crippen molar-refractivity contribution < 1.29 is 4.79 Å². The molecule has 1 fully saturated rings. The van der Waals surface area contributed by atoms with Gasteiger partial charge in [-0.15, -0.1) is 0 Å². The van der Waals surface area contributed by atoms with Gasteiger partial charge in [0, 0.05) is 24.8 Å². The summed E-state index contributed by atoms with van der Waals surface area (Å²) >= 11 is 0. The molecule has 1 N–H and O–H groups in total. The highest BCUT2D eigenvalue weighted by Gasteiger charge is 2.19. The summed E-state index contributed by atoms with van der Waals surface area (Å²) in [6.45, 7) is 9.20. The highest BCUT2D eigenvalue weighted by atomic mass is 16.2. The molecule has 1 unspecified atom stereocenters. The third kappa shape index (κ3) is 4.73. The number of hydrogen-bond donors (Lipinski definition) is 1. The first-order chi connectivity index (χ1) is 12.5. The van der Waals surface area contributed by atoms with E-state index in [4.69, 9.17) is 0 Å². The fourth-order valence-corrected chi connectivity index (χ4v) is 3.72. The van der Waals surface area contributed by atoms with Gasteiger partial charge in [-0.3, -0.25) is 14.4 Å². The lowest BCUT2D eigenvalue weighted by Gasteiger charge is -2.33. The van der Waals surface area contributed by atoms with Crippen LogP contribution in [-0.4, -0.2) is 33.2 Å². The van der Waals surface area contributed by atoms with Crippen molar-refractivity contribution in [1.82, 2.24) is 20.0 Å². The van der Waals surface area contributed by atoms with Crippen molar-refractivity contribution in [3.05, 3.63) is 52.8 Å². The molecule has 1 atom stereocenters. The number of aryl methyl sites for hydroxylation is 2. The molecule has 0 aliphatic carbocycles. The van der Waals surface area contributed by atoms with Crippen molar-refractivity contribution >= 4 is 5.91 Å². The van der Waals surface area contributed by atoms with Crippen molar-refractivity contribution in [2.24, 2.45) is 0 Å². The predicted octanol–water partition coefficient (Wildman–Crippen LogP) is 3.19. The Morgan fingerprint density at radius 3 is 2.69 bits per heavy atom. The van der Waals surface area contributed by atoms with Gasteiger partial charge in [-0.05, 0) is 57.4 Å². The lowest BCUT2D eigenvalue weighted by atomic mass is 10.0. The summed E-state index contributed by atoms with van der Waals surface area (Å²) in [4.78, 5) is 14.9. The summed E-state index contributed by atoms with van der Waals surface area (Å²) in [7, 11) is 0. The first kappa shape index (κ1) is 18.6. The first-order valence-corrected chi connectivity index (χ1v) is 9.61. The van der Waals surface area contributed by atoms with E-state index in [1.54, 1.807) is 4.68 Å². The zero-order valence-corrected chi connectivity index (χ0v) is 16.2. The van der Waals surface area contributed by atoms with Crippen LogP contribution in [0, 0.1) is 13.8 Å². The van der Waals surface area contributed by atoms with Crippen LogP contribution in [0.5, 0.6) is 0 Å². The standard InChI is InChI=1S/C21H30N4O/c1-16-12-18(3)25(23-16)15-21(26)22-13-19-9-4-5-10-20(19)14-24-11-7-6-8-17(24)2/h4-5,9-10,12,17H,6-8,11,13-15H2,1-3H3,(H,22,26). The molecule has 0 radical (unpaired) electrons. The average molecular weight is 354 g/mol. The Labute approximate surface area is 156 Å². The molecular weight excluding hydrogens is 324 g/mol. The summed E-state index contributed by atoms with van der Waals surface area (Å²) in [5, 5.41) is 7.41. The SMILES string of the molecule is Cc1cc(C)n(CC(=O)NCc2ccccc2CN2CCCCC2C)n1. The number of hydrogen-bond acceptors (Lipinski definition) is 3. The Kier molecular flexibility index (Phi) is 6.09. The minimum Gasteiger partial charge on any atom is -0.350 e. The maximum Gasteiger partial charge on any atom is 0.242 e. The van der Waals surface area contributed by atoms with Crippen molar-refractivity contribution in [2.45, 2.75) is 65.7 Å². The number of piperidine rings is 1. The molecule has 1 aliphatic rings. The lowest BCUT2D eigenvalue weighted by molar-refractivity contribution is -0.122. The maximum atomic E-state index is 12.3.